The highest BCUT2D eigenvalue weighted by Gasteiger charge is 2.13. The number of carbonyl (C=O) groups excluding carboxylic acids is 1. The maximum Gasteiger partial charge on any atom is 0.255 e. The van der Waals surface area contributed by atoms with Crippen molar-refractivity contribution < 1.29 is 9.53 Å². The van der Waals surface area contributed by atoms with Gasteiger partial charge in [0.05, 0.1) is 28.5 Å². The molecule has 4 nitrogen and oxygen atoms in total. The molecule has 0 unspecified atom stereocenters. The van der Waals surface area contributed by atoms with E-state index >= 15 is 0 Å². The number of hydrogen-bond donors (Lipinski definition) is 2. The van der Waals surface area contributed by atoms with Crippen LogP contribution in [-0.4, -0.2) is 13.0 Å². The van der Waals surface area contributed by atoms with E-state index < -0.39 is 0 Å². The van der Waals surface area contributed by atoms with E-state index in [0.29, 0.717) is 17.0 Å². The molecule has 0 saturated carbocycles. The van der Waals surface area contributed by atoms with E-state index in [1.807, 2.05) is 6.07 Å². The standard InChI is InChI=1S/C14H12Cl2N2O2/c1-20-12-5-3-2-4-11(12)18-14(19)8-6-9(15)13(16)10(17)7-8/h2-7H,17H2,1H3,(H,18,19). The van der Waals surface area contributed by atoms with Crippen molar-refractivity contribution in [1.29, 1.82) is 0 Å². The fourth-order valence-corrected chi connectivity index (χ4v) is 2.02. The van der Waals surface area contributed by atoms with Gasteiger partial charge in [0.2, 0.25) is 0 Å². The first-order valence-corrected chi connectivity index (χ1v) is 6.47. The number of carbonyl (C=O) groups is 1. The number of nitrogens with one attached hydrogen (secondary N) is 1. The van der Waals surface area contributed by atoms with Crippen LogP contribution < -0.4 is 15.8 Å². The summed E-state index contributed by atoms with van der Waals surface area (Å²) in [6.07, 6.45) is 0. The van der Waals surface area contributed by atoms with Crippen molar-refractivity contribution in [1.82, 2.24) is 0 Å². The normalized spacial score (nSPS) is 10.2. The molecule has 0 aliphatic heterocycles. The van der Waals surface area contributed by atoms with Gasteiger partial charge in [-0.2, -0.15) is 0 Å². The Balaban J connectivity index is 2.29. The van der Waals surface area contributed by atoms with Crippen LogP contribution in [0.15, 0.2) is 36.4 Å². The molecule has 2 rings (SSSR count). The molecule has 0 spiro atoms. The number of anilines is 2. The molecule has 3 N–H and O–H groups in total. The summed E-state index contributed by atoms with van der Waals surface area (Å²) in [7, 11) is 1.53. The second-order valence-corrected chi connectivity index (χ2v) is 4.80. The lowest BCUT2D eigenvalue weighted by atomic mass is 10.2. The molecule has 0 aliphatic rings. The topological polar surface area (TPSA) is 64.3 Å². The zero-order valence-electron chi connectivity index (χ0n) is 10.6. The van der Waals surface area contributed by atoms with Crippen LogP contribution in [0.3, 0.4) is 0 Å². The van der Waals surface area contributed by atoms with Gasteiger partial charge < -0.3 is 15.8 Å². The number of ether oxygens (including phenoxy) is 1. The lowest BCUT2D eigenvalue weighted by molar-refractivity contribution is 0.102. The fraction of sp³-hybridized carbons (Fsp3) is 0.0714. The van der Waals surface area contributed by atoms with Gasteiger partial charge in [0.1, 0.15) is 5.75 Å². The SMILES string of the molecule is COc1ccccc1NC(=O)c1cc(N)c(Cl)c(Cl)c1. The minimum absolute atomic E-state index is 0.233. The van der Waals surface area contributed by atoms with Gasteiger partial charge in [0.25, 0.3) is 5.91 Å². The first-order valence-electron chi connectivity index (χ1n) is 5.72. The van der Waals surface area contributed by atoms with Crippen LogP contribution in [0.4, 0.5) is 11.4 Å². The Morgan fingerprint density at radius 2 is 1.95 bits per heavy atom. The number of hydrogen-bond acceptors (Lipinski definition) is 3. The number of rotatable bonds is 3. The van der Waals surface area contributed by atoms with E-state index in [0.717, 1.165) is 0 Å². The van der Waals surface area contributed by atoms with E-state index in [-0.39, 0.29) is 21.6 Å². The van der Waals surface area contributed by atoms with Crippen LogP contribution >= 0.6 is 23.2 Å². The second-order valence-electron chi connectivity index (χ2n) is 4.02. The van der Waals surface area contributed by atoms with Crippen molar-refractivity contribution in [2.75, 3.05) is 18.2 Å². The Morgan fingerprint density at radius 1 is 1.25 bits per heavy atom. The Bertz CT molecular complexity index is 636. The average molecular weight is 311 g/mol. The number of methoxy groups -OCH3 is 1. The van der Waals surface area contributed by atoms with Crippen molar-refractivity contribution in [2.24, 2.45) is 0 Å². The molecular weight excluding hydrogens is 299 g/mol. The zero-order chi connectivity index (χ0) is 14.7. The Hall–Kier alpha value is -1.91. The summed E-state index contributed by atoms with van der Waals surface area (Å²) in [5.74, 6) is 0.216. The van der Waals surface area contributed by atoms with Crippen LogP contribution in [0.25, 0.3) is 0 Å². The molecule has 104 valence electrons. The van der Waals surface area contributed by atoms with Gasteiger partial charge in [-0.15, -0.1) is 0 Å². The largest absolute Gasteiger partial charge is 0.495 e. The second kappa shape index (κ2) is 6.03. The van der Waals surface area contributed by atoms with E-state index in [9.17, 15) is 4.79 Å². The highest BCUT2D eigenvalue weighted by molar-refractivity contribution is 6.44. The third-order valence-electron chi connectivity index (χ3n) is 2.67. The molecule has 0 aliphatic carbocycles. The van der Waals surface area contributed by atoms with Gasteiger partial charge >= 0.3 is 0 Å². The summed E-state index contributed by atoms with van der Waals surface area (Å²) in [5.41, 5.74) is 6.82. The first-order chi connectivity index (χ1) is 9.52. The molecule has 0 atom stereocenters. The molecule has 0 bridgehead atoms. The minimum Gasteiger partial charge on any atom is -0.495 e. The zero-order valence-corrected chi connectivity index (χ0v) is 12.1. The van der Waals surface area contributed by atoms with Crippen molar-refractivity contribution in [3.05, 3.63) is 52.0 Å². The van der Waals surface area contributed by atoms with Crippen LogP contribution in [0.1, 0.15) is 10.4 Å². The monoisotopic (exact) mass is 310 g/mol. The number of amides is 1. The van der Waals surface area contributed by atoms with Crippen molar-refractivity contribution >= 4 is 40.5 Å². The molecule has 0 fully saturated rings. The summed E-state index contributed by atoms with van der Waals surface area (Å²) >= 11 is 11.8. The maximum atomic E-state index is 12.2. The van der Waals surface area contributed by atoms with Gasteiger partial charge in [-0.3, -0.25) is 4.79 Å². The number of para-hydroxylation sites is 2. The molecule has 0 saturated heterocycles. The number of halogens is 2. The van der Waals surface area contributed by atoms with Gasteiger partial charge in [-0.1, -0.05) is 35.3 Å². The lowest BCUT2D eigenvalue weighted by Gasteiger charge is -2.11. The molecule has 2 aromatic carbocycles. The first kappa shape index (κ1) is 14.5. The summed E-state index contributed by atoms with van der Waals surface area (Å²) in [4.78, 5) is 12.2. The highest BCUT2D eigenvalue weighted by Crippen LogP contribution is 2.30. The predicted octanol–water partition coefficient (Wildman–Crippen LogP) is 3.84. The highest BCUT2D eigenvalue weighted by atomic mass is 35.5. The van der Waals surface area contributed by atoms with Crippen LogP contribution in [0.5, 0.6) is 5.75 Å². The maximum absolute atomic E-state index is 12.2. The lowest BCUT2D eigenvalue weighted by Crippen LogP contribution is -2.13. The van der Waals surface area contributed by atoms with Crippen molar-refractivity contribution in [3.8, 4) is 5.75 Å². The average Bonchev–Trinajstić information content (AvgIpc) is 2.44. The van der Waals surface area contributed by atoms with Gasteiger partial charge in [0.15, 0.2) is 0 Å². The quantitative estimate of drug-likeness (QED) is 0.847. The molecule has 20 heavy (non-hydrogen) atoms. The summed E-state index contributed by atoms with van der Waals surface area (Å²) in [5, 5.41) is 3.20. The number of nitrogens with two attached hydrogens (primary N) is 1. The third-order valence-corrected chi connectivity index (χ3v) is 3.49. The molecule has 0 aromatic heterocycles. The van der Waals surface area contributed by atoms with E-state index in [4.69, 9.17) is 33.7 Å². The Kier molecular flexibility index (Phi) is 4.37. The summed E-state index contributed by atoms with van der Waals surface area (Å²) in [6, 6.07) is 10.0. The van der Waals surface area contributed by atoms with Gasteiger partial charge in [-0.25, -0.2) is 0 Å². The molecule has 0 heterocycles. The predicted molar refractivity (Wildman–Crippen MR) is 81.8 cm³/mol. The third kappa shape index (κ3) is 2.98. The van der Waals surface area contributed by atoms with Gasteiger partial charge in [-0.05, 0) is 24.3 Å². The fourth-order valence-electron chi connectivity index (χ4n) is 1.68. The molecule has 0 radical (unpaired) electrons. The van der Waals surface area contributed by atoms with Crippen molar-refractivity contribution in [3.63, 3.8) is 0 Å². The summed E-state index contributed by atoms with van der Waals surface area (Å²) in [6.45, 7) is 0. The van der Waals surface area contributed by atoms with E-state index in [2.05, 4.69) is 5.32 Å². The van der Waals surface area contributed by atoms with Gasteiger partial charge in [0, 0.05) is 5.56 Å². The smallest absolute Gasteiger partial charge is 0.255 e. The summed E-state index contributed by atoms with van der Waals surface area (Å²) < 4.78 is 5.16. The van der Waals surface area contributed by atoms with E-state index in [1.165, 1.54) is 19.2 Å². The number of nitrogen functional groups attached to an aromatic ring is 1. The Morgan fingerprint density at radius 3 is 2.60 bits per heavy atom. The van der Waals surface area contributed by atoms with Crippen molar-refractivity contribution in [2.45, 2.75) is 0 Å². The molecular formula is C14H12Cl2N2O2. The molecule has 1 amide bonds. The van der Waals surface area contributed by atoms with Crippen LogP contribution in [-0.2, 0) is 0 Å². The van der Waals surface area contributed by atoms with Crippen LogP contribution in [0.2, 0.25) is 10.0 Å². The molecule has 6 heteroatoms. The minimum atomic E-state index is -0.347. The number of benzene rings is 2. The Labute approximate surface area is 126 Å². The van der Waals surface area contributed by atoms with E-state index in [1.54, 1.807) is 18.2 Å². The molecule has 2 aromatic rings. The van der Waals surface area contributed by atoms with Crippen LogP contribution in [0, 0.1) is 0 Å².